The number of sulfonamides is 1. The summed E-state index contributed by atoms with van der Waals surface area (Å²) in [6.07, 6.45) is 5.22. The Labute approximate surface area is 126 Å². The van der Waals surface area contributed by atoms with Crippen LogP contribution < -0.4 is 4.72 Å². The topological polar surface area (TPSA) is 46.2 Å². The number of hydrogen-bond donors (Lipinski definition) is 1. The lowest BCUT2D eigenvalue weighted by molar-refractivity contribution is 0.565. The highest BCUT2D eigenvalue weighted by Gasteiger charge is 2.17. The first-order chi connectivity index (χ1) is 9.52. The van der Waals surface area contributed by atoms with E-state index in [9.17, 15) is 8.42 Å². The third-order valence-electron chi connectivity index (χ3n) is 3.78. The van der Waals surface area contributed by atoms with Crippen molar-refractivity contribution in [3.63, 3.8) is 0 Å². The van der Waals surface area contributed by atoms with E-state index in [2.05, 4.69) is 16.9 Å². The van der Waals surface area contributed by atoms with Gasteiger partial charge < -0.3 is 0 Å². The van der Waals surface area contributed by atoms with Gasteiger partial charge in [0.15, 0.2) is 0 Å². The van der Waals surface area contributed by atoms with E-state index < -0.39 is 10.0 Å². The molecule has 1 aromatic rings. The van der Waals surface area contributed by atoms with E-state index >= 15 is 0 Å². The van der Waals surface area contributed by atoms with Gasteiger partial charge in [0.05, 0.1) is 5.75 Å². The van der Waals surface area contributed by atoms with Gasteiger partial charge in [0.25, 0.3) is 0 Å². The number of fused-ring (bicyclic) bond motifs is 1. The molecule has 20 heavy (non-hydrogen) atoms. The lowest BCUT2D eigenvalue weighted by Gasteiger charge is -2.20. The van der Waals surface area contributed by atoms with E-state index in [4.69, 9.17) is 11.6 Å². The predicted octanol–water partition coefficient (Wildman–Crippen LogP) is 3.17. The van der Waals surface area contributed by atoms with Crippen LogP contribution in [0.5, 0.6) is 0 Å². The molecule has 5 heteroatoms. The number of rotatable bonds is 6. The largest absolute Gasteiger partial charge is 0.212 e. The monoisotopic (exact) mass is 315 g/mol. The summed E-state index contributed by atoms with van der Waals surface area (Å²) in [7, 11) is -3.25. The average Bonchev–Trinajstić information content (AvgIpc) is 2.44. The lowest BCUT2D eigenvalue weighted by atomic mass is 9.89. The van der Waals surface area contributed by atoms with Crippen molar-refractivity contribution in [2.45, 2.75) is 45.1 Å². The van der Waals surface area contributed by atoms with E-state index in [-0.39, 0.29) is 11.8 Å². The molecule has 0 radical (unpaired) electrons. The van der Waals surface area contributed by atoms with Gasteiger partial charge in [-0.3, -0.25) is 0 Å². The van der Waals surface area contributed by atoms with Crippen molar-refractivity contribution in [1.29, 1.82) is 0 Å². The number of aryl methyl sites for hydroxylation is 2. The highest BCUT2D eigenvalue weighted by molar-refractivity contribution is 7.89. The summed E-state index contributed by atoms with van der Waals surface area (Å²) in [5.41, 5.74) is 3.83. The Morgan fingerprint density at radius 2 is 1.95 bits per heavy atom. The molecule has 0 saturated heterocycles. The number of nitrogens with one attached hydrogen (secondary N) is 1. The van der Waals surface area contributed by atoms with Gasteiger partial charge in [0, 0.05) is 11.9 Å². The molecule has 0 aliphatic heterocycles. The summed E-state index contributed by atoms with van der Waals surface area (Å²) in [5, 5.41) is 0. The van der Waals surface area contributed by atoms with E-state index in [0.717, 1.165) is 18.4 Å². The van der Waals surface area contributed by atoms with Gasteiger partial charge in [-0.25, -0.2) is 13.1 Å². The van der Waals surface area contributed by atoms with Gasteiger partial charge >= 0.3 is 0 Å². The van der Waals surface area contributed by atoms with Crippen molar-refractivity contribution in [3.8, 4) is 0 Å². The Morgan fingerprint density at radius 3 is 2.65 bits per heavy atom. The smallest absolute Gasteiger partial charge is 0.212 e. The molecule has 0 amide bonds. The van der Waals surface area contributed by atoms with Crippen LogP contribution in [0.1, 0.15) is 48.9 Å². The molecule has 0 heterocycles. The van der Waals surface area contributed by atoms with Crippen molar-refractivity contribution >= 4 is 21.6 Å². The highest BCUT2D eigenvalue weighted by Crippen LogP contribution is 2.25. The summed E-state index contributed by atoms with van der Waals surface area (Å²) in [5.74, 6) is 0.458. The van der Waals surface area contributed by atoms with Crippen molar-refractivity contribution in [2.24, 2.45) is 0 Å². The molecule has 1 atom stereocenters. The molecule has 1 aliphatic carbocycles. The molecule has 2 rings (SSSR count). The van der Waals surface area contributed by atoms with Crippen molar-refractivity contribution in [2.75, 3.05) is 11.6 Å². The molecule has 112 valence electrons. The second-order valence-corrected chi connectivity index (χ2v) is 7.69. The molecule has 0 fully saturated rings. The molecule has 3 nitrogen and oxygen atoms in total. The maximum Gasteiger partial charge on any atom is 0.212 e. The molecule has 0 bridgehead atoms. The van der Waals surface area contributed by atoms with E-state index in [0.29, 0.717) is 12.3 Å². The van der Waals surface area contributed by atoms with Crippen LogP contribution in [0.15, 0.2) is 18.2 Å². The first-order valence-corrected chi connectivity index (χ1v) is 9.38. The van der Waals surface area contributed by atoms with E-state index in [1.807, 2.05) is 13.0 Å². The SMILES string of the molecule is CC(NS(=O)(=O)CCCCl)c1ccc2c(c1)CCCC2. The fourth-order valence-electron chi connectivity index (χ4n) is 2.66. The molecule has 0 spiro atoms. The molecule has 0 aromatic heterocycles. The number of halogens is 1. The second kappa shape index (κ2) is 6.92. The van der Waals surface area contributed by atoms with Gasteiger partial charge in [-0.05, 0) is 55.7 Å². The first-order valence-electron chi connectivity index (χ1n) is 7.19. The van der Waals surface area contributed by atoms with Crippen LogP contribution in [0.25, 0.3) is 0 Å². The third kappa shape index (κ3) is 4.21. The van der Waals surface area contributed by atoms with Crippen LogP contribution in [0.2, 0.25) is 0 Å². The first kappa shape index (κ1) is 15.8. The summed E-state index contributed by atoms with van der Waals surface area (Å²) in [6.45, 7) is 1.89. The molecule has 1 N–H and O–H groups in total. The zero-order chi connectivity index (χ0) is 14.6. The van der Waals surface area contributed by atoms with E-state index in [1.54, 1.807) is 0 Å². The van der Waals surface area contributed by atoms with Gasteiger partial charge in [-0.15, -0.1) is 11.6 Å². The van der Waals surface area contributed by atoms with Crippen molar-refractivity contribution < 1.29 is 8.42 Å². The number of hydrogen-bond acceptors (Lipinski definition) is 2. The minimum atomic E-state index is -3.25. The zero-order valence-electron chi connectivity index (χ0n) is 11.9. The van der Waals surface area contributed by atoms with Crippen LogP contribution >= 0.6 is 11.6 Å². The van der Waals surface area contributed by atoms with Crippen molar-refractivity contribution in [1.82, 2.24) is 4.72 Å². The van der Waals surface area contributed by atoms with Crippen LogP contribution in [-0.2, 0) is 22.9 Å². The maximum absolute atomic E-state index is 11.9. The van der Waals surface area contributed by atoms with Crippen LogP contribution in [0, 0.1) is 0 Å². The lowest BCUT2D eigenvalue weighted by Crippen LogP contribution is -2.29. The molecular weight excluding hydrogens is 294 g/mol. The molecule has 1 aliphatic rings. The molecule has 1 unspecified atom stereocenters. The summed E-state index contributed by atoms with van der Waals surface area (Å²) >= 11 is 5.55. The van der Waals surface area contributed by atoms with Gasteiger partial charge in [0.1, 0.15) is 0 Å². The maximum atomic E-state index is 11.9. The number of benzene rings is 1. The predicted molar refractivity (Wildman–Crippen MR) is 83.8 cm³/mol. The fourth-order valence-corrected chi connectivity index (χ4v) is 4.27. The summed E-state index contributed by atoms with van der Waals surface area (Å²) < 4.78 is 26.5. The fraction of sp³-hybridized carbons (Fsp3) is 0.600. The Hall–Kier alpha value is -0.580. The van der Waals surface area contributed by atoms with Crippen LogP contribution in [0.4, 0.5) is 0 Å². The zero-order valence-corrected chi connectivity index (χ0v) is 13.4. The van der Waals surface area contributed by atoms with E-state index in [1.165, 1.54) is 24.0 Å². The standard InChI is InChI=1S/C15H22ClNO2S/c1-12(17-20(18,19)10-4-9-16)14-8-7-13-5-2-3-6-15(13)11-14/h7-8,11-12,17H,2-6,9-10H2,1H3. The second-order valence-electron chi connectivity index (χ2n) is 5.44. The summed E-state index contributed by atoms with van der Waals surface area (Å²) in [6, 6.07) is 6.15. The highest BCUT2D eigenvalue weighted by atomic mass is 35.5. The summed E-state index contributed by atoms with van der Waals surface area (Å²) in [4.78, 5) is 0. The number of alkyl halides is 1. The molecule has 0 saturated carbocycles. The minimum Gasteiger partial charge on any atom is -0.212 e. The van der Waals surface area contributed by atoms with Gasteiger partial charge in [0.2, 0.25) is 10.0 Å². The minimum absolute atomic E-state index is 0.0891. The van der Waals surface area contributed by atoms with Crippen molar-refractivity contribution in [3.05, 3.63) is 34.9 Å². The van der Waals surface area contributed by atoms with Gasteiger partial charge in [-0.1, -0.05) is 18.2 Å². The normalized spacial score (nSPS) is 16.7. The molecular formula is C15H22ClNO2S. The van der Waals surface area contributed by atoms with Gasteiger partial charge in [-0.2, -0.15) is 0 Å². The Kier molecular flexibility index (Phi) is 5.47. The Morgan fingerprint density at radius 1 is 1.25 bits per heavy atom. The Bertz CT molecular complexity index is 557. The van der Waals surface area contributed by atoms with Crippen LogP contribution in [-0.4, -0.2) is 20.1 Å². The average molecular weight is 316 g/mol. The Balaban J connectivity index is 2.07. The quantitative estimate of drug-likeness (QED) is 0.820. The third-order valence-corrected chi connectivity index (χ3v) is 5.58. The molecule has 1 aromatic carbocycles. The van der Waals surface area contributed by atoms with Crippen LogP contribution in [0.3, 0.4) is 0 Å².